The lowest BCUT2D eigenvalue weighted by Crippen LogP contribution is -2.55. The van der Waals surface area contributed by atoms with Gasteiger partial charge in [0.15, 0.2) is 0 Å². The Morgan fingerprint density at radius 1 is 0.947 bits per heavy atom. The van der Waals surface area contributed by atoms with Crippen molar-refractivity contribution >= 4 is 14.4 Å². The molecule has 0 radical (unpaired) electrons. The van der Waals surface area contributed by atoms with Crippen LogP contribution >= 0.6 is 0 Å². The molecule has 0 aliphatic carbocycles. The summed E-state index contributed by atoms with van der Waals surface area (Å²) >= 11 is 0. The summed E-state index contributed by atoms with van der Waals surface area (Å²) in [5.41, 5.74) is -0.579. The number of ether oxygens (including phenoxy) is 1. The fourth-order valence-electron chi connectivity index (χ4n) is 1.53. The fraction of sp³-hybridized carbons (Fsp3) is 0.462. The van der Waals surface area contributed by atoms with Crippen molar-refractivity contribution in [3.63, 3.8) is 0 Å². The van der Waals surface area contributed by atoms with Crippen molar-refractivity contribution in [2.45, 2.75) is 20.8 Å². The molecule has 0 heterocycles. The monoisotopic (exact) mass is 284 g/mol. The lowest BCUT2D eigenvalue weighted by Gasteiger charge is -2.25. The molecule has 6 heteroatoms. The van der Waals surface area contributed by atoms with E-state index in [4.69, 9.17) is 18.0 Å². The molecule has 0 N–H and O–H groups in total. The highest BCUT2D eigenvalue weighted by Gasteiger charge is 2.52. The molecule has 1 aromatic carbocycles. The Bertz CT molecular complexity index is 365. The number of rotatable bonds is 8. The van der Waals surface area contributed by atoms with Crippen LogP contribution in [0.25, 0.3) is 0 Å². The highest BCUT2D eigenvalue weighted by atomic mass is 28.4. The Morgan fingerprint density at radius 3 is 1.84 bits per heavy atom. The third-order valence-corrected chi connectivity index (χ3v) is 4.82. The third-order valence-electron chi connectivity index (χ3n) is 2.21. The Labute approximate surface area is 114 Å². The summed E-state index contributed by atoms with van der Waals surface area (Å²) < 4.78 is 21.7. The lowest BCUT2D eigenvalue weighted by molar-refractivity contribution is 0.0707. The average molecular weight is 284 g/mol. The first-order valence-corrected chi connectivity index (χ1v) is 8.10. The zero-order chi connectivity index (χ0) is 14.1. The Balaban J connectivity index is 2.86. The van der Waals surface area contributed by atoms with Crippen molar-refractivity contribution in [3.05, 3.63) is 30.3 Å². The van der Waals surface area contributed by atoms with Gasteiger partial charge in [0.1, 0.15) is 5.75 Å². The van der Waals surface area contributed by atoms with E-state index < -0.39 is 14.4 Å². The van der Waals surface area contributed by atoms with Crippen LogP contribution in [0.15, 0.2) is 30.3 Å². The standard InChI is InChI=1S/C13H20O5Si/c1-4-15-19(16-5-2,17-6-3)13(14)18-12-10-8-7-9-11-12/h7-11H,4-6H2,1-3H3. The van der Waals surface area contributed by atoms with Crippen LogP contribution in [0.1, 0.15) is 20.8 Å². The quantitative estimate of drug-likeness (QED) is 0.687. The molecule has 1 rings (SSSR count). The van der Waals surface area contributed by atoms with Gasteiger partial charge in [-0.05, 0) is 32.9 Å². The summed E-state index contributed by atoms with van der Waals surface area (Å²) in [7, 11) is -3.44. The SMILES string of the molecule is CCO[Si](OCC)(OCC)C(=O)Oc1ccccc1. The average Bonchev–Trinajstić information content (AvgIpc) is 2.40. The lowest BCUT2D eigenvalue weighted by atomic mass is 10.3. The van der Waals surface area contributed by atoms with Gasteiger partial charge in [-0.2, -0.15) is 0 Å². The van der Waals surface area contributed by atoms with Gasteiger partial charge >= 0.3 is 14.4 Å². The van der Waals surface area contributed by atoms with Gasteiger partial charge in [0.2, 0.25) is 0 Å². The minimum absolute atomic E-state index is 0.329. The van der Waals surface area contributed by atoms with Crippen molar-refractivity contribution in [1.29, 1.82) is 0 Å². The second kappa shape index (κ2) is 8.06. The summed E-state index contributed by atoms with van der Waals surface area (Å²) in [6.07, 6.45) is 0. The first kappa shape index (κ1) is 15.8. The zero-order valence-electron chi connectivity index (χ0n) is 11.5. The first-order valence-electron chi connectivity index (χ1n) is 6.37. The minimum Gasteiger partial charge on any atom is -0.424 e. The highest BCUT2D eigenvalue weighted by Crippen LogP contribution is 2.17. The van der Waals surface area contributed by atoms with Crippen molar-refractivity contribution in [2.24, 2.45) is 0 Å². The van der Waals surface area contributed by atoms with Crippen LogP contribution in [-0.4, -0.2) is 34.2 Å². The molecule has 0 aliphatic rings. The number of hydrogen-bond donors (Lipinski definition) is 0. The molecule has 5 nitrogen and oxygen atoms in total. The molecule has 0 atom stereocenters. The van der Waals surface area contributed by atoms with Crippen molar-refractivity contribution in [1.82, 2.24) is 0 Å². The maximum absolute atomic E-state index is 12.3. The van der Waals surface area contributed by atoms with E-state index in [0.29, 0.717) is 25.6 Å². The van der Waals surface area contributed by atoms with Crippen LogP contribution in [0.3, 0.4) is 0 Å². The fourth-order valence-corrected chi connectivity index (χ4v) is 3.52. The molecule has 0 saturated carbocycles. The third kappa shape index (κ3) is 4.43. The molecular formula is C13H20O5Si. The van der Waals surface area contributed by atoms with Gasteiger partial charge < -0.3 is 18.0 Å². The van der Waals surface area contributed by atoms with Gasteiger partial charge in [-0.15, -0.1) is 0 Å². The number of para-hydroxylation sites is 1. The van der Waals surface area contributed by atoms with Crippen LogP contribution < -0.4 is 4.74 Å². The largest absolute Gasteiger partial charge is 0.622 e. The van der Waals surface area contributed by atoms with Gasteiger partial charge in [0, 0.05) is 19.8 Å². The maximum atomic E-state index is 12.3. The van der Waals surface area contributed by atoms with E-state index in [0.717, 1.165) is 0 Å². The normalized spacial score (nSPS) is 11.3. The van der Waals surface area contributed by atoms with Gasteiger partial charge in [-0.3, -0.25) is 0 Å². The maximum Gasteiger partial charge on any atom is 0.622 e. The van der Waals surface area contributed by atoms with Crippen LogP contribution in [0, 0.1) is 0 Å². The molecule has 1 aromatic rings. The Kier molecular flexibility index (Phi) is 6.72. The number of carbonyl (C=O) groups is 1. The molecule has 19 heavy (non-hydrogen) atoms. The molecule has 0 aromatic heterocycles. The summed E-state index contributed by atoms with van der Waals surface area (Å²) in [5, 5.41) is 0. The number of carbonyl (C=O) groups excluding carboxylic acids is 1. The van der Waals surface area contributed by atoms with Crippen molar-refractivity contribution < 1.29 is 22.8 Å². The molecule has 0 aliphatic heterocycles. The zero-order valence-corrected chi connectivity index (χ0v) is 12.5. The summed E-state index contributed by atoms with van der Waals surface area (Å²) in [6.45, 7) is 6.35. The van der Waals surface area contributed by atoms with Gasteiger partial charge in [-0.25, -0.2) is 4.79 Å². The van der Waals surface area contributed by atoms with E-state index in [1.54, 1.807) is 45.0 Å². The smallest absolute Gasteiger partial charge is 0.424 e. The van der Waals surface area contributed by atoms with Gasteiger partial charge in [-0.1, -0.05) is 18.2 Å². The van der Waals surface area contributed by atoms with E-state index in [-0.39, 0.29) is 0 Å². The molecule has 0 bridgehead atoms. The molecule has 0 saturated heterocycles. The number of benzene rings is 1. The van der Waals surface area contributed by atoms with Gasteiger partial charge in [0.25, 0.3) is 0 Å². The second-order valence-electron chi connectivity index (χ2n) is 3.56. The Hall–Kier alpha value is -1.21. The van der Waals surface area contributed by atoms with Crippen molar-refractivity contribution in [2.75, 3.05) is 19.8 Å². The summed E-state index contributed by atoms with van der Waals surface area (Å²) in [5.74, 6) is 0.448. The van der Waals surface area contributed by atoms with Crippen LogP contribution in [0.4, 0.5) is 4.79 Å². The van der Waals surface area contributed by atoms with E-state index in [2.05, 4.69) is 0 Å². The summed E-state index contributed by atoms with van der Waals surface area (Å²) in [6, 6.07) is 8.80. The van der Waals surface area contributed by atoms with E-state index in [1.807, 2.05) is 6.07 Å². The molecule has 0 amide bonds. The van der Waals surface area contributed by atoms with E-state index in [1.165, 1.54) is 0 Å². The van der Waals surface area contributed by atoms with E-state index in [9.17, 15) is 4.79 Å². The summed E-state index contributed by atoms with van der Waals surface area (Å²) in [4.78, 5) is 12.3. The number of hydrogen-bond acceptors (Lipinski definition) is 5. The molecular weight excluding hydrogens is 264 g/mol. The predicted molar refractivity (Wildman–Crippen MR) is 73.1 cm³/mol. The predicted octanol–water partition coefficient (Wildman–Crippen LogP) is 2.82. The van der Waals surface area contributed by atoms with Crippen LogP contribution in [-0.2, 0) is 13.3 Å². The first-order chi connectivity index (χ1) is 9.18. The van der Waals surface area contributed by atoms with Crippen molar-refractivity contribution in [3.8, 4) is 5.75 Å². The highest BCUT2D eigenvalue weighted by molar-refractivity contribution is 6.91. The van der Waals surface area contributed by atoms with Crippen LogP contribution in [0.2, 0.25) is 0 Å². The van der Waals surface area contributed by atoms with Crippen LogP contribution in [0.5, 0.6) is 5.75 Å². The molecule has 0 unspecified atom stereocenters. The molecule has 0 fully saturated rings. The Morgan fingerprint density at radius 2 is 1.42 bits per heavy atom. The molecule has 106 valence electrons. The van der Waals surface area contributed by atoms with Gasteiger partial charge in [0.05, 0.1) is 0 Å². The van der Waals surface area contributed by atoms with E-state index >= 15 is 0 Å². The molecule has 0 spiro atoms. The topological polar surface area (TPSA) is 54.0 Å². The second-order valence-corrected chi connectivity index (χ2v) is 5.94. The minimum atomic E-state index is -3.44.